The van der Waals surface area contributed by atoms with Crippen molar-refractivity contribution >= 4 is 29.2 Å². The SMILES string of the molecule is O=C(CCN1C(=O)NC2(CCCCC2)C1=O)Nc1cc(F)c(N2CCCC2)c(F)c1. The maximum Gasteiger partial charge on any atom is 0.325 e. The summed E-state index contributed by atoms with van der Waals surface area (Å²) in [5.41, 5.74) is -0.884. The molecule has 4 amide bonds. The molecule has 2 heterocycles. The number of urea groups is 1. The molecular weight excluding hydrogens is 394 g/mol. The quantitative estimate of drug-likeness (QED) is 0.717. The van der Waals surface area contributed by atoms with E-state index >= 15 is 0 Å². The average molecular weight is 420 g/mol. The van der Waals surface area contributed by atoms with Crippen LogP contribution in [0.5, 0.6) is 0 Å². The number of carbonyl (C=O) groups excluding carboxylic acids is 3. The van der Waals surface area contributed by atoms with E-state index in [0.29, 0.717) is 25.9 Å². The molecule has 1 aromatic rings. The van der Waals surface area contributed by atoms with Crippen LogP contribution in [0.2, 0.25) is 0 Å². The Hall–Kier alpha value is -2.71. The molecule has 3 aliphatic rings. The molecule has 30 heavy (non-hydrogen) atoms. The first kappa shape index (κ1) is 20.6. The summed E-state index contributed by atoms with van der Waals surface area (Å²) in [6, 6.07) is 1.71. The molecule has 0 bridgehead atoms. The molecule has 0 unspecified atom stereocenters. The lowest BCUT2D eigenvalue weighted by Crippen LogP contribution is -2.48. The lowest BCUT2D eigenvalue weighted by molar-refractivity contribution is -0.132. The molecule has 1 spiro atoms. The summed E-state index contributed by atoms with van der Waals surface area (Å²) in [4.78, 5) is 40.0. The van der Waals surface area contributed by atoms with E-state index in [4.69, 9.17) is 0 Å². The monoisotopic (exact) mass is 420 g/mol. The fourth-order valence-electron chi connectivity index (χ4n) is 4.69. The van der Waals surface area contributed by atoms with Gasteiger partial charge in [-0.15, -0.1) is 0 Å². The zero-order valence-electron chi connectivity index (χ0n) is 16.8. The lowest BCUT2D eigenvalue weighted by Gasteiger charge is -2.30. The van der Waals surface area contributed by atoms with Crippen molar-refractivity contribution in [1.82, 2.24) is 10.2 Å². The minimum Gasteiger partial charge on any atom is -0.367 e. The zero-order chi connectivity index (χ0) is 21.3. The second-order valence-electron chi connectivity index (χ2n) is 8.31. The molecule has 4 rings (SSSR count). The Kier molecular flexibility index (Phi) is 5.62. The van der Waals surface area contributed by atoms with Crippen molar-refractivity contribution in [2.24, 2.45) is 0 Å². The van der Waals surface area contributed by atoms with Crippen LogP contribution in [0.1, 0.15) is 51.4 Å². The van der Waals surface area contributed by atoms with Crippen molar-refractivity contribution in [3.8, 4) is 0 Å². The molecule has 3 fully saturated rings. The third-order valence-corrected chi connectivity index (χ3v) is 6.24. The fourth-order valence-corrected chi connectivity index (χ4v) is 4.69. The lowest BCUT2D eigenvalue weighted by atomic mass is 9.82. The Bertz CT molecular complexity index is 841. The first-order valence-corrected chi connectivity index (χ1v) is 10.6. The normalized spacial score (nSPS) is 20.7. The third kappa shape index (κ3) is 3.85. The third-order valence-electron chi connectivity index (χ3n) is 6.24. The molecule has 1 aliphatic carbocycles. The molecule has 1 saturated carbocycles. The van der Waals surface area contributed by atoms with Crippen molar-refractivity contribution in [2.45, 2.75) is 56.9 Å². The largest absolute Gasteiger partial charge is 0.367 e. The molecule has 0 radical (unpaired) electrons. The van der Waals surface area contributed by atoms with Gasteiger partial charge in [-0.05, 0) is 37.8 Å². The molecule has 9 heteroatoms. The molecule has 1 aromatic carbocycles. The predicted molar refractivity (Wildman–Crippen MR) is 107 cm³/mol. The number of nitrogens with zero attached hydrogens (tertiary/aromatic N) is 2. The van der Waals surface area contributed by atoms with Crippen molar-refractivity contribution in [3.05, 3.63) is 23.8 Å². The second-order valence-corrected chi connectivity index (χ2v) is 8.31. The highest BCUT2D eigenvalue weighted by atomic mass is 19.1. The summed E-state index contributed by atoms with van der Waals surface area (Å²) in [6.07, 6.45) is 5.66. The number of nitrogens with one attached hydrogen (secondary N) is 2. The molecule has 2 saturated heterocycles. The molecule has 2 aliphatic heterocycles. The summed E-state index contributed by atoms with van der Waals surface area (Å²) in [6.45, 7) is 1.13. The Labute approximate surface area is 173 Å². The second kappa shape index (κ2) is 8.20. The van der Waals surface area contributed by atoms with Gasteiger partial charge in [-0.1, -0.05) is 19.3 Å². The summed E-state index contributed by atoms with van der Waals surface area (Å²) in [7, 11) is 0. The highest BCUT2D eigenvalue weighted by molar-refractivity contribution is 6.07. The van der Waals surface area contributed by atoms with Crippen molar-refractivity contribution in [1.29, 1.82) is 0 Å². The van der Waals surface area contributed by atoms with Gasteiger partial charge in [0.25, 0.3) is 5.91 Å². The Morgan fingerprint density at radius 1 is 1.03 bits per heavy atom. The number of benzene rings is 1. The highest BCUT2D eigenvalue weighted by Gasteiger charge is 2.51. The van der Waals surface area contributed by atoms with Crippen LogP contribution in [0.15, 0.2) is 12.1 Å². The summed E-state index contributed by atoms with van der Waals surface area (Å²) in [5.74, 6) is -2.25. The molecular formula is C21H26F2N4O3. The number of halogens is 2. The Morgan fingerprint density at radius 2 is 1.67 bits per heavy atom. The predicted octanol–water partition coefficient (Wildman–Crippen LogP) is 3.15. The van der Waals surface area contributed by atoms with Gasteiger partial charge in [0.15, 0.2) is 11.6 Å². The number of imide groups is 1. The van der Waals surface area contributed by atoms with Crippen LogP contribution < -0.4 is 15.5 Å². The number of carbonyl (C=O) groups is 3. The Morgan fingerprint density at radius 3 is 2.30 bits per heavy atom. The maximum absolute atomic E-state index is 14.4. The maximum atomic E-state index is 14.4. The number of amides is 4. The van der Waals surface area contributed by atoms with Crippen LogP contribution in [0, 0.1) is 11.6 Å². The topological polar surface area (TPSA) is 81.8 Å². The van der Waals surface area contributed by atoms with Crippen molar-refractivity contribution in [3.63, 3.8) is 0 Å². The fraction of sp³-hybridized carbons (Fsp3) is 0.571. The van der Waals surface area contributed by atoms with Crippen molar-refractivity contribution in [2.75, 3.05) is 29.9 Å². The molecule has 162 valence electrons. The van der Waals surface area contributed by atoms with Crippen LogP contribution in [-0.2, 0) is 9.59 Å². The van der Waals surface area contributed by atoms with Gasteiger partial charge in [0.05, 0.1) is 0 Å². The van der Waals surface area contributed by atoms with Crippen molar-refractivity contribution < 1.29 is 23.2 Å². The average Bonchev–Trinajstić information content (AvgIpc) is 3.29. The van der Waals surface area contributed by atoms with E-state index in [9.17, 15) is 23.2 Å². The number of hydrogen-bond acceptors (Lipinski definition) is 4. The van der Waals surface area contributed by atoms with Gasteiger partial charge in [0.1, 0.15) is 11.2 Å². The minimum absolute atomic E-state index is 0.0129. The van der Waals surface area contributed by atoms with Gasteiger partial charge >= 0.3 is 6.03 Å². The van der Waals surface area contributed by atoms with Gasteiger partial charge in [-0.25, -0.2) is 13.6 Å². The molecule has 0 aromatic heterocycles. The smallest absolute Gasteiger partial charge is 0.325 e. The Balaban J connectivity index is 1.36. The zero-order valence-corrected chi connectivity index (χ0v) is 16.8. The standard InChI is InChI=1S/C21H26F2N4O3/c22-15-12-14(13-16(23)18(15)26-9-4-5-10-26)24-17(28)6-11-27-19(29)21(25-20(27)30)7-2-1-3-8-21/h12-13H,1-11H2,(H,24,28)(H,25,30). The first-order chi connectivity index (χ1) is 14.4. The van der Waals surface area contributed by atoms with E-state index in [1.54, 1.807) is 4.90 Å². The minimum atomic E-state index is -0.830. The van der Waals surface area contributed by atoms with E-state index in [-0.39, 0.29) is 30.2 Å². The van der Waals surface area contributed by atoms with Crippen LogP contribution in [0.3, 0.4) is 0 Å². The van der Waals surface area contributed by atoms with E-state index in [0.717, 1.165) is 49.1 Å². The van der Waals surface area contributed by atoms with Gasteiger partial charge in [-0.3, -0.25) is 14.5 Å². The van der Waals surface area contributed by atoms with Crippen LogP contribution in [0.25, 0.3) is 0 Å². The number of hydrogen-bond donors (Lipinski definition) is 2. The summed E-state index contributed by atoms with van der Waals surface area (Å²) >= 11 is 0. The van der Waals surface area contributed by atoms with Gasteiger partial charge in [-0.2, -0.15) is 0 Å². The van der Waals surface area contributed by atoms with E-state index < -0.39 is 29.1 Å². The van der Waals surface area contributed by atoms with Gasteiger partial charge in [0, 0.05) is 31.7 Å². The van der Waals surface area contributed by atoms with Crippen LogP contribution >= 0.6 is 0 Å². The summed E-state index contributed by atoms with van der Waals surface area (Å²) < 4.78 is 28.8. The van der Waals surface area contributed by atoms with Gasteiger partial charge in [0.2, 0.25) is 5.91 Å². The van der Waals surface area contributed by atoms with Crippen LogP contribution in [-0.4, -0.2) is 47.9 Å². The molecule has 2 N–H and O–H groups in total. The number of anilines is 2. The van der Waals surface area contributed by atoms with Crippen LogP contribution in [0.4, 0.5) is 25.0 Å². The van der Waals surface area contributed by atoms with E-state index in [1.807, 2.05) is 0 Å². The first-order valence-electron chi connectivity index (χ1n) is 10.6. The van der Waals surface area contributed by atoms with E-state index in [1.165, 1.54) is 0 Å². The highest BCUT2D eigenvalue weighted by Crippen LogP contribution is 2.34. The number of rotatable bonds is 5. The van der Waals surface area contributed by atoms with E-state index in [2.05, 4.69) is 10.6 Å². The van der Waals surface area contributed by atoms with Gasteiger partial charge < -0.3 is 15.5 Å². The summed E-state index contributed by atoms with van der Waals surface area (Å²) in [5, 5.41) is 5.25. The molecule has 0 atom stereocenters. The molecule has 7 nitrogen and oxygen atoms in total.